The summed E-state index contributed by atoms with van der Waals surface area (Å²) < 4.78 is 37.3. The fourth-order valence-electron chi connectivity index (χ4n) is 2.61. The Morgan fingerprint density at radius 1 is 1.07 bits per heavy atom. The minimum atomic E-state index is -3.70. The normalized spacial score (nSPS) is 11.5. The average Bonchev–Trinajstić information content (AvgIpc) is 2.66. The Balaban J connectivity index is 2.04. The first-order chi connectivity index (χ1) is 13.3. The molecule has 0 bridgehead atoms. The van der Waals surface area contributed by atoms with Crippen molar-refractivity contribution >= 4 is 27.6 Å². The number of halogens is 1. The van der Waals surface area contributed by atoms with Gasteiger partial charge in [-0.15, -0.1) is 0 Å². The van der Waals surface area contributed by atoms with Crippen molar-refractivity contribution < 1.29 is 22.7 Å². The van der Waals surface area contributed by atoms with Gasteiger partial charge in [-0.1, -0.05) is 37.6 Å². The molecule has 152 valence electrons. The summed E-state index contributed by atoms with van der Waals surface area (Å²) in [5, 5.41) is 0.128. The van der Waals surface area contributed by atoms with Gasteiger partial charge in [0.05, 0.1) is 15.5 Å². The van der Waals surface area contributed by atoms with Crippen molar-refractivity contribution in [2.45, 2.75) is 25.7 Å². The van der Waals surface area contributed by atoms with Gasteiger partial charge in [0.2, 0.25) is 10.0 Å². The lowest BCUT2D eigenvalue weighted by Crippen LogP contribution is -2.30. The SMILES string of the molecule is CCN(CC)S(=O)(=O)c1ccc(Cl)c(C(=O)OCCOc2cccc(C)c2)c1. The number of ether oxygens (including phenoxy) is 2. The Hall–Kier alpha value is -2.09. The predicted octanol–water partition coefficient (Wildman–Crippen LogP) is 3.91. The number of aryl methyl sites for hydroxylation is 1. The highest BCUT2D eigenvalue weighted by Gasteiger charge is 2.24. The summed E-state index contributed by atoms with van der Waals surface area (Å²) in [5.74, 6) is -0.0177. The number of carbonyl (C=O) groups is 1. The van der Waals surface area contributed by atoms with E-state index in [1.807, 2.05) is 31.2 Å². The molecule has 0 aliphatic rings. The van der Waals surface area contributed by atoms with E-state index in [0.717, 1.165) is 5.56 Å². The molecule has 2 aromatic carbocycles. The molecule has 0 aliphatic carbocycles. The third-order valence-electron chi connectivity index (χ3n) is 4.08. The van der Waals surface area contributed by atoms with Crippen LogP contribution in [0.5, 0.6) is 5.75 Å². The van der Waals surface area contributed by atoms with E-state index < -0.39 is 16.0 Å². The molecule has 0 N–H and O–H groups in total. The van der Waals surface area contributed by atoms with Gasteiger partial charge in [0.15, 0.2) is 0 Å². The Morgan fingerprint density at radius 2 is 1.79 bits per heavy atom. The Bertz CT molecular complexity index is 926. The molecule has 2 rings (SSSR count). The molecular formula is C20H24ClNO5S. The summed E-state index contributed by atoms with van der Waals surface area (Å²) >= 11 is 6.07. The number of hydrogen-bond donors (Lipinski definition) is 0. The fraction of sp³-hybridized carbons (Fsp3) is 0.350. The van der Waals surface area contributed by atoms with Crippen LogP contribution in [0.4, 0.5) is 0 Å². The first-order valence-corrected chi connectivity index (χ1v) is 10.8. The number of nitrogens with zero attached hydrogens (tertiary/aromatic N) is 1. The lowest BCUT2D eigenvalue weighted by atomic mass is 10.2. The van der Waals surface area contributed by atoms with Crippen molar-refractivity contribution in [2.75, 3.05) is 26.3 Å². The molecule has 8 heteroatoms. The van der Waals surface area contributed by atoms with E-state index in [1.165, 1.54) is 22.5 Å². The van der Waals surface area contributed by atoms with Crippen LogP contribution in [0.2, 0.25) is 5.02 Å². The second kappa shape index (κ2) is 9.91. The number of rotatable bonds is 9. The molecule has 0 aromatic heterocycles. The van der Waals surface area contributed by atoms with Crippen LogP contribution in [0, 0.1) is 6.92 Å². The minimum absolute atomic E-state index is 0.00330. The molecule has 0 unspecified atom stereocenters. The van der Waals surface area contributed by atoms with Gasteiger partial charge in [-0.2, -0.15) is 4.31 Å². The zero-order chi connectivity index (χ0) is 20.7. The van der Waals surface area contributed by atoms with Gasteiger partial charge < -0.3 is 9.47 Å². The Labute approximate surface area is 171 Å². The van der Waals surface area contributed by atoms with Crippen LogP contribution < -0.4 is 4.74 Å². The van der Waals surface area contributed by atoms with E-state index in [-0.39, 0.29) is 28.7 Å². The third-order valence-corrected chi connectivity index (χ3v) is 6.45. The molecule has 0 saturated carbocycles. The second-order valence-corrected chi connectivity index (χ2v) is 8.38. The van der Waals surface area contributed by atoms with Gasteiger partial charge in [0.1, 0.15) is 19.0 Å². The van der Waals surface area contributed by atoms with Gasteiger partial charge in [-0.3, -0.25) is 0 Å². The quantitative estimate of drug-likeness (QED) is 0.449. The van der Waals surface area contributed by atoms with Crippen LogP contribution in [0.25, 0.3) is 0 Å². The highest BCUT2D eigenvalue weighted by molar-refractivity contribution is 7.89. The zero-order valence-corrected chi connectivity index (χ0v) is 17.7. The minimum Gasteiger partial charge on any atom is -0.490 e. The first kappa shape index (κ1) is 22.2. The van der Waals surface area contributed by atoms with Gasteiger partial charge >= 0.3 is 5.97 Å². The van der Waals surface area contributed by atoms with E-state index in [9.17, 15) is 13.2 Å². The molecule has 0 heterocycles. The number of benzene rings is 2. The van der Waals surface area contributed by atoms with Crippen molar-refractivity contribution in [3.8, 4) is 5.75 Å². The number of hydrogen-bond acceptors (Lipinski definition) is 5. The molecule has 0 fully saturated rings. The van der Waals surface area contributed by atoms with Crippen LogP contribution in [-0.4, -0.2) is 45.0 Å². The van der Waals surface area contributed by atoms with Crippen LogP contribution in [0.3, 0.4) is 0 Å². The van der Waals surface area contributed by atoms with Crippen molar-refractivity contribution in [1.29, 1.82) is 0 Å². The van der Waals surface area contributed by atoms with Crippen LogP contribution in [0.15, 0.2) is 47.4 Å². The molecule has 0 radical (unpaired) electrons. The van der Waals surface area contributed by atoms with Crippen molar-refractivity contribution in [3.63, 3.8) is 0 Å². The summed E-state index contributed by atoms with van der Waals surface area (Å²) in [6.45, 7) is 6.30. The molecule has 0 saturated heterocycles. The predicted molar refractivity (Wildman–Crippen MR) is 109 cm³/mol. The van der Waals surface area contributed by atoms with Crippen molar-refractivity contribution in [3.05, 3.63) is 58.6 Å². The maximum Gasteiger partial charge on any atom is 0.339 e. The number of carbonyl (C=O) groups excluding carboxylic acids is 1. The molecular weight excluding hydrogens is 402 g/mol. The second-order valence-electron chi connectivity index (χ2n) is 6.03. The highest BCUT2D eigenvalue weighted by Crippen LogP contribution is 2.23. The number of sulfonamides is 1. The van der Waals surface area contributed by atoms with Gasteiger partial charge in [0.25, 0.3) is 0 Å². The van der Waals surface area contributed by atoms with E-state index in [2.05, 4.69) is 0 Å². The summed E-state index contributed by atoms with van der Waals surface area (Å²) in [7, 11) is -3.70. The molecule has 0 amide bonds. The molecule has 0 spiro atoms. The molecule has 28 heavy (non-hydrogen) atoms. The van der Waals surface area contributed by atoms with Crippen molar-refractivity contribution in [2.24, 2.45) is 0 Å². The standard InChI is InChI=1S/C20H24ClNO5S/c1-4-22(5-2)28(24,25)17-9-10-19(21)18(14-17)20(23)27-12-11-26-16-8-6-7-15(3)13-16/h6-10,13-14H,4-5,11-12H2,1-3H3. The van der Waals surface area contributed by atoms with E-state index >= 15 is 0 Å². The zero-order valence-electron chi connectivity index (χ0n) is 16.1. The van der Waals surface area contributed by atoms with Crippen molar-refractivity contribution in [1.82, 2.24) is 4.31 Å². The summed E-state index contributed by atoms with van der Waals surface area (Å²) in [6.07, 6.45) is 0. The topological polar surface area (TPSA) is 72.9 Å². The third kappa shape index (κ3) is 5.47. The maximum absolute atomic E-state index is 12.6. The Morgan fingerprint density at radius 3 is 2.43 bits per heavy atom. The van der Waals surface area contributed by atoms with Crippen LogP contribution in [0.1, 0.15) is 29.8 Å². The van der Waals surface area contributed by atoms with E-state index in [1.54, 1.807) is 13.8 Å². The maximum atomic E-state index is 12.6. The summed E-state index contributed by atoms with van der Waals surface area (Å²) in [5.41, 5.74) is 1.07. The largest absolute Gasteiger partial charge is 0.490 e. The smallest absolute Gasteiger partial charge is 0.339 e. The summed E-state index contributed by atoms with van der Waals surface area (Å²) in [4.78, 5) is 12.4. The average molecular weight is 426 g/mol. The lowest BCUT2D eigenvalue weighted by molar-refractivity contribution is 0.0450. The molecule has 0 aliphatic heterocycles. The van der Waals surface area contributed by atoms with E-state index in [4.69, 9.17) is 21.1 Å². The van der Waals surface area contributed by atoms with Gasteiger partial charge in [-0.25, -0.2) is 13.2 Å². The molecule has 0 atom stereocenters. The molecule has 2 aromatic rings. The number of esters is 1. The van der Waals surface area contributed by atoms with E-state index in [0.29, 0.717) is 18.8 Å². The van der Waals surface area contributed by atoms with Crippen LogP contribution in [-0.2, 0) is 14.8 Å². The summed E-state index contributed by atoms with van der Waals surface area (Å²) in [6, 6.07) is 11.5. The van der Waals surface area contributed by atoms with Gasteiger partial charge in [0, 0.05) is 13.1 Å². The Kier molecular flexibility index (Phi) is 7.86. The first-order valence-electron chi connectivity index (χ1n) is 8.95. The van der Waals surface area contributed by atoms with Crippen LogP contribution >= 0.6 is 11.6 Å². The van der Waals surface area contributed by atoms with Gasteiger partial charge in [-0.05, 0) is 42.8 Å². The fourth-order valence-corrected chi connectivity index (χ4v) is 4.29. The monoisotopic (exact) mass is 425 g/mol. The molecule has 6 nitrogen and oxygen atoms in total. The highest BCUT2D eigenvalue weighted by atomic mass is 35.5. The lowest BCUT2D eigenvalue weighted by Gasteiger charge is -2.19.